The molecule has 0 spiro atoms. The second-order valence-corrected chi connectivity index (χ2v) is 7.76. The van der Waals surface area contributed by atoms with Crippen molar-refractivity contribution in [3.63, 3.8) is 0 Å². The highest BCUT2D eigenvalue weighted by atomic mass is 32.2. The standard InChI is InChI=1S/C21H24N4O3S/c1-14(28-18-8-6-5-7-9-18)19-23-24-21(25(19)3)29-15(2)20(26)22-16-10-12-17(27-4)13-11-16/h5-15H,1-4H3,(H,22,26)/t14-,15-/m0/s1. The van der Waals surface area contributed by atoms with Gasteiger partial charge in [-0.15, -0.1) is 10.2 Å². The van der Waals surface area contributed by atoms with Crippen molar-refractivity contribution in [1.82, 2.24) is 14.8 Å². The van der Waals surface area contributed by atoms with E-state index in [1.165, 1.54) is 11.8 Å². The number of ether oxygens (including phenoxy) is 2. The number of nitrogens with one attached hydrogen (secondary N) is 1. The largest absolute Gasteiger partial charge is 0.497 e. The van der Waals surface area contributed by atoms with Gasteiger partial charge < -0.3 is 19.4 Å². The molecule has 29 heavy (non-hydrogen) atoms. The highest BCUT2D eigenvalue weighted by molar-refractivity contribution is 8.00. The summed E-state index contributed by atoms with van der Waals surface area (Å²) in [7, 11) is 3.48. The van der Waals surface area contributed by atoms with Crippen LogP contribution in [0.2, 0.25) is 0 Å². The fourth-order valence-corrected chi connectivity index (χ4v) is 3.49. The molecule has 8 heteroatoms. The average molecular weight is 413 g/mol. The Balaban J connectivity index is 1.61. The molecule has 0 bridgehead atoms. The molecular weight excluding hydrogens is 388 g/mol. The quantitative estimate of drug-likeness (QED) is 0.562. The molecule has 3 rings (SSSR count). The molecule has 152 valence electrons. The van der Waals surface area contributed by atoms with Gasteiger partial charge in [0, 0.05) is 12.7 Å². The second-order valence-electron chi connectivity index (χ2n) is 6.45. The lowest BCUT2D eigenvalue weighted by atomic mass is 10.3. The minimum absolute atomic E-state index is 0.113. The molecule has 2 aromatic carbocycles. The van der Waals surface area contributed by atoms with E-state index in [2.05, 4.69) is 15.5 Å². The van der Waals surface area contributed by atoms with Gasteiger partial charge in [-0.05, 0) is 50.2 Å². The van der Waals surface area contributed by atoms with Crippen molar-refractivity contribution < 1.29 is 14.3 Å². The monoisotopic (exact) mass is 412 g/mol. The Hall–Kier alpha value is -3.00. The number of carbonyl (C=O) groups excluding carboxylic acids is 1. The fraction of sp³-hybridized carbons (Fsp3) is 0.286. The highest BCUT2D eigenvalue weighted by Gasteiger charge is 2.21. The number of rotatable bonds is 8. The lowest BCUT2D eigenvalue weighted by molar-refractivity contribution is -0.115. The number of amides is 1. The van der Waals surface area contributed by atoms with Crippen molar-refractivity contribution in [1.29, 1.82) is 0 Å². The maximum Gasteiger partial charge on any atom is 0.237 e. The first-order chi connectivity index (χ1) is 14.0. The lowest BCUT2D eigenvalue weighted by Crippen LogP contribution is -2.22. The molecule has 1 heterocycles. The predicted molar refractivity (Wildman–Crippen MR) is 113 cm³/mol. The van der Waals surface area contributed by atoms with Crippen LogP contribution in [0.5, 0.6) is 11.5 Å². The summed E-state index contributed by atoms with van der Waals surface area (Å²) >= 11 is 1.35. The molecule has 1 amide bonds. The van der Waals surface area contributed by atoms with Crippen LogP contribution >= 0.6 is 11.8 Å². The normalized spacial score (nSPS) is 12.8. The van der Waals surface area contributed by atoms with Crippen molar-refractivity contribution in [2.24, 2.45) is 7.05 Å². The number of methoxy groups -OCH3 is 1. The van der Waals surface area contributed by atoms with E-state index in [0.29, 0.717) is 16.7 Å². The number of carbonyl (C=O) groups is 1. The van der Waals surface area contributed by atoms with Gasteiger partial charge in [0.15, 0.2) is 17.1 Å². The van der Waals surface area contributed by atoms with Crippen molar-refractivity contribution in [2.45, 2.75) is 30.4 Å². The van der Waals surface area contributed by atoms with Crippen LogP contribution in [-0.4, -0.2) is 33.0 Å². The molecule has 0 saturated heterocycles. The fourth-order valence-electron chi connectivity index (χ4n) is 2.67. The van der Waals surface area contributed by atoms with Gasteiger partial charge in [-0.3, -0.25) is 4.79 Å². The molecule has 0 fully saturated rings. The summed E-state index contributed by atoms with van der Waals surface area (Å²) in [6, 6.07) is 16.8. The molecule has 0 aliphatic heterocycles. The van der Waals surface area contributed by atoms with Crippen LogP contribution < -0.4 is 14.8 Å². The number of anilines is 1. The molecule has 0 unspecified atom stereocenters. The lowest BCUT2D eigenvalue weighted by Gasteiger charge is -2.15. The summed E-state index contributed by atoms with van der Waals surface area (Å²) in [5.41, 5.74) is 0.715. The van der Waals surface area contributed by atoms with Crippen LogP contribution in [0.3, 0.4) is 0 Å². The van der Waals surface area contributed by atoms with E-state index >= 15 is 0 Å². The molecule has 1 aromatic heterocycles. The Morgan fingerprint density at radius 3 is 2.38 bits per heavy atom. The van der Waals surface area contributed by atoms with Gasteiger partial charge in [0.2, 0.25) is 5.91 Å². The van der Waals surface area contributed by atoms with Crippen LogP contribution in [-0.2, 0) is 11.8 Å². The van der Waals surface area contributed by atoms with Crippen molar-refractivity contribution >= 4 is 23.4 Å². The number of para-hydroxylation sites is 1. The molecule has 0 aliphatic rings. The maximum atomic E-state index is 12.5. The van der Waals surface area contributed by atoms with E-state index in [9.17, 15) is 4.79 Å². The maximum absolute atomic E-state index is 12.5. The van der Waals surface area contributed by atoms with Crippen LogP contribution in [0.1, 0.15) is 25.8 Å². The summed E-state index contributed by atoms with van der Waals surface area (Å²) < 4.78 is 12.9. The Labute approximate surface area is 174 Å². The van der Waals surface area contributed by atoms with E-state index in [1.807, 2.05) is 55.8 Å². The van der Waals surface area contributed by atoms with E-state index in [4.69, 9.17) is 9.47 Å². The summed E-state index contributed by atoms with van der Waals surface area (Å²) in [4.78, 5) is 12.5. The summed E-state index contributed by atoms with van der Waals surface area (Å²) in [6.45, 7) is 3.76. The van der Waals surface area contributed by atoms with Crippen LogP contribution in [0.25, 0.3) is 0 Å². The average Bonchev–Trinajstić information content (AvgIpc) is 3.09. The van der Waals surface area contributed by atoms with Crippen molar-refractivity contribution in [3.05, 3.63) is 60.4 Å². The van der Waals surface area contributed by atoms with E-state index in [-0.39, 0.29) is 17.3 Å². The molecule has 1 N–H and O–H groups in total. The number of benzene rings is 2. The van der Waals surface area contributed by atoms with Gasteiger partial charge in [0.1, 0.15) is 11.5 Å². The van der Waals surface area contributed by atoms with Crippen LogP contribution in [0.4, 0.5) is 5.69 Å². The Morgan fingerprint density at radius 1 is 1.03 bits per heavy atom. The minimum atomic E-state index is -0.349. The Kier molecular flexibility index (Phi) is 6.77. The topological polar surface area (TPSA) is 78.3 Å². The number of aromatic nitrogens is 3. The Bertz CT molecular complexity index is 944. The molecule has 0 saturated carbocycles. The van der Waals surface area contributed by atoms with Gasteiger partial charge in [-0.1, -0.05) is 30.0 Å². The molecule has 3 aromatic rings. The molecule has 7 nitrogen and oxygen atoms in total. The van der Waals surface area contributed by atoms with Crippen LogP contribution in [0, 0.1) is 0 Å². The second kappa shape index (κ2) is 9.47. The van der Waals surface area contributed by atoms with E-state index in [1.54, 1.807) is 31.4 Å². The molecule has 0 radical (unpaired) electrons. The zero-order valence-corrected chi connectivity index (χ0v) is 17.6. The molecule has 2 atom stereocenters. The van der Waals surface area contributed by atoms with Gasteiger partial charge >= 0.3 is 0 Å². The number of hydrogen-bond acceptors (Lipinski definition) is 6. The first kappa shape index (κ1) is 20.7. The van der Waals surface area contributed by atoms with Gasteiger partial charge in [0.25, 0.3) is 0 Å². The van der Waals surface area contributed by atoms with E-state index < -0.39 is 0 Å². The summed E-state index contributed by atoms with van der Waals surface area (Å²) in [5.74, 6) is 2.09. The summed E-state index contributed by atoms with van der Waals surface area (Å²) in [5, 5.41) is 11.7. The third-order valence-electron chi connectivity index (χ3n) is 4.30. The van der Waals surface area contributed by atoms with E-state index in [0.717, 1.165) is 11.5 Å². The van der Waals surface area contributed by atoms with Crippen molar-refractivity contribution in [2.75, 3.05) is 12.4 Å². The summed E-state index contributed by atoms with van der Waals surface area (Å²) in [6.07, 6.45) is -0.271. The molecule has 0 aliphatic carbocycles. The first-order valence-electron chi connectivity index (χ1n) is 9.20. The Morgan fingerprint density at radius 2 is 1.72 bits per heavy atom. The van der Waals surface area contributed by atoms with Crippen LogP contribution in [0.15, 0.2) is 59.8 Å². The zero-order valence-electron chi connectivity index (χ0n) is 16.8. The third-order valence-corrected chi connectivity index (χ3v) is 5.43. The number of thioether (sulfide) groups is 1. The molecular formula is C21H24N4O3S. The highest BCUT2D eigenvalue weighted by Crippen LogP contribution is 2.26. The zero-order chi connectivity index (χ0) is 20.8. The van der Waals surface area contributed by atoms with Gasteiger partial charge in [0.05, 0.1) is 12.4 Å². The number of hydrogen-bond donors (Lipinski definition) is 1. The first-order valence-corrected chi connectivity index (χ1v) is 10.1. The predicted octanol–water partition coefficient (Wildman–Crippen LogP) is 4.08. The SMILES string of the molecule is COc1ccc(NC(=O)[C@H](C)Sc2nnc([C@H](C)Oc3ccccc3)n2C)cc1. The third kappa shape index (κ3) is 5.29. The van der Waals surface area contributed by atoms with Crippen molar-refractivity contribution in [3.8, 4) is 11.5 Å². The minimum Gasteiger partial charge on any atom is -0.497 e. The van der Waals surface area contributed by atoms with Gasteiger partial charge in [-0.2, -0.15) is 0 Å². The van der Waals surface area contributed by atoms with Gasteiger partial charge in [-0.25, -0.2) is 0 Å². The smallest absolute Gasteiger partial charge is 0.237 e. The number of nitrogens with zero attached hydrogens (tertiary/aromatic N) is 3.